The van der Waals surface area contributed by atoms with Crippen LogP contribution in [0.4, 0.5) is 0 Å². The molecule has 0 saturated carbocycles. The SMILES string of the molecule is CC(C)(C)c1ccc2c(c1)-c1nc-2nc2[nH]c(nc3nc(nc4[nH]c(n1)c1ccc(C(C)(C)C)cc41)-c1ccc(-c4ccc(CO[Si](c5ccccc5)(c5ccccc5)C(C)(C)C)cc4)cc1-3)c1ccc(C(C)(C)C)cc21. The highest BCUT2D eigenvalue weighted by Gasteiger charge is 2.50. The smallest absolute Gasteiger partial charge is 0.261 e. The normalized spacial score (nSPS) is 13.0. The molecule has 3 aromatic heterocycles. The van der Waals surface area contributed by atoms with Gasteiger partial charge in [-0.2, -0.15) is 0 Å². The summed E-state index contributed by atoms with van der Waals surface area (Å²) < 4.78 is 7.34. The molecule has 0 atom stereocenters. The highest BCUT2D eigenvalue weighted by atomic mass is 28.4. The standard InChI is InChI=1S/C67H66N8OSi/c1-64(2,3)43-28-32-49-53(36-43)62-71-57(49)69-60-52-35-42(41-25-23-40(24-26-41)39-76-77(67(10,11)12,46-19-15-13-16-20-46)47-21-17-14-18-22-47)27-31-48(52)56(68-60)70-61-54-37-44(65(4,5)6)29-33-50(54)58(72-61)74-63-55-38-45(66(7,8)9)30-34-51(55)59(73-62)75-63/h13-38H,39H2,1-12H3,(H2,68,69,70,71,72,73,74,75). The highest BCUT2D eigenvalue weighted by Crippen LogP contribution is 2.42. The van der Waals surface area contributed by atoms with E-state index in [2.05, 4.69) is 251 Å². The van der Waals surface area contributed by atoms with Gasteiger partial charge in [0.25, 0.3) is 8.32 Å². The van der Waals surface area contributed by atoms with Gasteiger partial charge in [-0.3, -0.25) is 0 Å². The van der Waals surface area contributed by atoms with E-state index in [1.165, 1.54) is 27.1 Å². The molecule has 0 radical (unpaired) electrons. The second-order valence-corrected chi connectivity index (χ2v) is 29.4. The fourth-order valence-corrected chi connectivity index (χ4v) is 15.7. The minimum Gasteiger partial charge on any atom is -0.403 e. The van der Waals surface area contributed by atoms with Crippen LogP contribution in [0.1, 0.15) is 105 Å². The summed E-state index contributed by atoms with van der Waals surface area (Å²) >= 11 is 0. The number of hydrogen-bond donors (Lipinski definition) is 2. The lowest BCUT2D eigenvalue weighted by Gasteiger charge is -2.43. The Morgan fingerprint density at radius 1 is 0.364 bits per heavy atom. The Balaban J connectivity index is 1.04. The largest absolute Gasteiger partial charge is 0.403 e. The molecule has 384 valence electrons. The van der Waals surface area contributed by atoms with E-state index in [9.17, 15) is 0 Å². The van der Waals surface area contributed by atoms with Crippen molar-refractivity contribution >= 4 is 62.8 Å². The Labute approximate surface area is 452 Å². The number of fused-ring (bicyclic) bond motifs is 20. The van der Waals surface area contributed by atoms with E-state index in [1.807, 2.05) is 0 Å². The average Bonchev–Trinajstić information content (AvgIpc) is 4.21. The van der Waals surface area contributed by atoms with Crippen LogP contribution in [-0.2, 0) is 27.3 Å². The summed E-state index contributed by atoms with van der Waals surface area (Å²) in [5, 5.41) is 6.19. The molecular weight excluding hydrogens is 961 g/mol. The topological polar surface area (TPSA) is 118 Å². The van der Waals surface area contributed by atoms with Gasteiger partial charge in [-0.25, -0.2) is 29.9 Å². The predicted octanol–water partition coefficient (Wildman–Crippen LogP) is 15.5. The van der Waals surface area contributed by atoms with Crippen LogP contribution in [0.3, 0.4) is 0 Å². The lowest BCUT2D eigenvalue weighted by molar-refractivity contribution is 0.286. The van der Waals surface area contributed by atoms with Crippen molar-refractivity contribution in [3.63, 3.8) is 0 Å². The monoisotopic (exact) mass is 1030 g/mol. The first-order valence-corrected chi connectivity index (χ1v) is 28.8. The second-order valence-electron chi connectivity index (χ2n) is 25.0. The lowest BCUT2D eigenvalue weighted by Crippen LogP contribution is -2.66. The Kier molecular flexibility index (Phi) is 11.7. The first-order valence-electron chi connectivity index (χ1n) is 26.9. The number of H-pyrrole nitrogens is 2. The molecule has 0 amide bonds. The van der Waals surface area contributed by atoms with Crippen LogP contribution in [-0.4, -0.2) is 48.2 Å². The first kappa shape index (κ1) is 49.9. The van der Waals surface area contributed by atoms with E-state index in [4.69, 9.17) is 34.3 Å². The molecule has 12 rings (SSSR count). The summed E-state index contributed by atoms with van der Waals surface area (Å²) in [6, 6.07) is 56.7. The average molecular weight is 1030 g/mol. The van der Waals surface area contributed by atoms with Crippen molar-refractivity contribution in [2.24, 2.45) is 0 Å². The van der Waals surface area contributed by atoms with Gasteiger partial charge in [-0.1, -0.05) is 210 Å². The maximum Gasteiger partial charge on any atom is 0.261 e. The van der Waals surface area contributed by atoms with Gasteiger partial charge in [-0.05, 0) is 95.4 Å². The van der Waals surface area contributed by atoms with Crippen LogP contribution in [0.25, 0.3) is 101 Å². The molecule has 2 aliphatic heterocycles. The number of rotatable bonds is 6. The van der Waals surface area contributed by atoms with Crippen LogP contribution in [0.2, 0.25) is 5.04 Å². The zero-order valence-electron chi connectivity index (χ0n) is 46.3. The second kappa shape index (κ2) is 18.1. The molecule has 0 fully saturated rings. The minimum atomic E-state index is -2.74. The Morgan fingerprint density at radius 3 is 1.21 bits per heavy atom. The Morgan fingerprint density at radius 2 is 0.753 bits per heavy atom. The Bertz CT molecular complexity index is 4070. The predicted molar refractivity (Wildman–Crippen MR) is 320 cm³/mol. The van der Waals surface area contributed by atoms with Crippen molar-refractivity contribution in [2.45, 2.75) is 111 Å². The maximum atomic E-state index is 7.34. The van der Waals surface area contributed by atoms with Crippen LogP contribution in [0, 0.1) is 0 Å². The van der Waals surface area contributed by atoms with Gasteiger partial charge in [0.15, 0.2) is 23.3 Å². The molecular formula is C67H66N8OSi. The van der Waals surface area contributed by atoms with Crippen molar-refractivity contribution < 1.29 is 4.43 Å². The number of aromatic amines is 2. The molecule has 0 spiro atoms. The number of hydrogen-bond acceptors (Lipinski definition) is 7. The molecule has 8 bridgehead atoms. The number of nitrogens with one attached hydrogen (secondary N) is 2. The molecule has 77 heavy (non-hydrogen) atoms. The van der Waals surface area contributed by atoms with E-state index in [1.54, 1.807) is 0 Å². The summed E-state index contributed by atoms with van der Waals surface area (Å²) in [5.74, 6) is 2.30. The first-order chi connectivity index (χ1) is 36.6. The van der Waals surface area contributed by atoms with Crippen LogP contribution in [0.5, 0.6) is 0 Å². The van der Waals surface area contributed by atoms with Gasteiger partial charge in [0, 0.05) is 43.8 Å². The molecule has 9 nitrogen and oxygen atoms in total. The van der Waals surface area contributed by atoms with Gasteiger partial charge in [0.2, 0.25) is 0 Å². The number of benzene rings is 7. The molecule has 0 unspecified atom stereocenters. The molecule has 2 aliphatic rings. The molecule has 5 heterocycles. The third-order valence-corrected chi connectivity index (χ3v) is 20.6. The van der Waals surface area contributed by atoms with E-state index < -0.39 is 8.32 Å². The molecule has 10 aromatic rings. The van der Waals surface area contributed by atoms with Gasteiger partial charge in [0.05, 0.1) is 6.61 Å². The van der Waals surface area contributed by atoms with Crippen LogP contribution < -0.4 is 10.4 Å². The van der Waals surface area contributed by atoms with E-state index in [0.29, 0.717) is 52.5 Å². The van der Waals surface area contributed by atoms with Crippen molar-refractivity contribution in [3.05, 3.63) is 180 Å². The third kappa shape index (κ3) is 8.87. The summed E-state index contributed by atoms with van der Waals surface area (Å²) in [6.07, 6.45) is 0. The van der Waals surface area contributed by atoms with E-state index >= 15 is 0 Å². The van der Waals surface area contributed by atoms with Crippen molar-refractivity contribution in [2.75, 3.05) is 0 Å². The summed E-state index contributed by atoms with van der Waals surface area (Å²) in [5.41, 5.74) is 12.8. The third-order valence-electron chi connectivity index (χ3n) is 15.6. The number of nitrogens with zero attached hydrogens (tertiary/aromatic N) is 6. The zero-order valence-corrected chi connectivity index (χ0v) is 47.3. The lowest BCUT2D eigenvalue weighted by atomic mass is 9.85. The Hall–Kier alpha value is -7.92. The van der Waals surface area contributed by atoms with E-state index in [-0.39, 0.29) is 21.3 Å². The van der Waals surface area contributed by atoms with Gasteiger partial charge in [0.1, 0.15) is 22.6 Å². The fourth-order valence-electron chi connectivity index (χ4n) is 11.1. The minimum absolute atomic E-state index is 0.0957. The van der Waals surface area contributed by atoms with Crippen molar-refractivity contribution in [3.8, 4) is 56.7 Å². The van der Waals surface area contributed by atoms with Gasteiger partial charge in [-0.15, -0.1) is 0 Å². The molecule has 0 aliphatic carbocycles. The molecule has 0 saturated heterocycles. The number of aromatic nitrogens is 8. The van der Waals surface area contributed by atoms with Gasteiger partial charge < -0.3 is 14.4 Å². The molecule has 2 N–H and O–H groups in total. The van der Waals surface area contributed by atoms with E-state index in [0.717, 1.165) is 60.5 Å². The fraction of sp³-hybridized carbons (Fsp3) is 0.254. The van der Waals surface area contributed by atoms with Crippen molar-refractivity contribution in [1.29, 1.82) is 0 Å². The van der Waals surface area contributed by atoms with Gasteiger partial charge >= 0.3 is 0 Å². The summed E-state index contributed by atoms with van der Waals surface area (Å²) in [4.78, 5) is 39.6. The zero-order chi connectivity index (χ0) is 53.8. The quantitative estimate of drug-likeness (QED) is 0.159. The maximum absolute atomic E-state index is 7.34. The molecule has 10 heteroatoms. The molecule has 7 aromatic carbocycles. The summed E-state index contributed by atoms with van der Waals surface area (Å²) in [6.45, 7) is 27.5. The van der Waals surface area contributed by atoms with Crippen LogP contribution >= 0.6 is 0 Å². The van der Waals surface area contributed by atoms with Crippen LogP contribution in [0.15, 0.2) is 158 Å². The van der Waals surface area contributed by atoms with Crippen molar-refractivity contribution in [1.82, 2.24) is 39.9 Å². The highest BCUT2D eigenvalue weighted by molar-refractivity contribution is 6.99. The summed E-state index contributed by atoms with van der Waals surface area (Å²) in [7, 11) is -2.74.